The molecule has 1 N–H and O–H groups in total. The van der Waals surface area contributed by atoms with Crippen molar-refractivity contribution in [3.63, 3.8) is 0 Å². The first-order valence-corrected chi connectivity index (χ1v) is 8.93. The zero-order chi connectivity index (χ0) is 16.4. The molecule has 1 atom stereocenters. The maximum Gasteiger partial charge on any atom is 0.246 e. The van der Waals surface area contributed by atoms with Gasteiger partial charge in [0, 0.05) is 19.1 Å². The highest BCUT2D eigenvalue weighted by Gasteiger charge is 2.30. The van der Waals surface area contributed by atoms with E-state index in [1.54, 1.807) is 18.2 Å². The van der Waals surface area contributed by atoms with Gasteiger partial charge in [-0.25, -0.2) is 17.5 Å². The molecular formula is C15H20ClFN4O2S. The van der Waals surface area contributed by atoms with E-state index in [9.17, 15) is 12.8 Å². The van der Waals surface area contributed by atoms with E-state index in [1.165, 1.54) is 27.4 Å². The van der Waals surface area contributed by atoms with Gasteiger partial charge in [0.15, 0.2) is 0 Å². The number of hydrogen-bond acceptors (Lipinski definition) is 4. The molecule has 1 unspecified atom stereocenters. The molecule has 1 fully saturated rings. The van der Waals surface area contributed by atoms with Crippen molar-refractivity contribution in [2.75, 3.05) is 20.1 Å². The van der Waals surface area contributed by atoms with E-state index in [1.807, 2.05) is 7.05 Å². The molecule has 1 saturated heterocycles. The van der Waals surface area contributed by atoms with Crippen LogP contribution in [0.2, 0.25) is 0 Å². The fraction of sp³-hybridized carbons (Fsp3) is 0.400. The second-order valence-electron chi connectivity index (χ2n) is 5.56. The largest absolute Gasteiger partial charge is 0.316 e. The number of benzene rings is 1. The summed E-state index contributed by atoms with van der Waals surface area (Å²) in [4.78, 5) is 0.0810. The summed E-state index contributed by atoms with van der Waals surface area (Å²) in [6, 6.07) is 6.27. The fourth-order valence-corrected chi connectivity index (χ4v) is 4.21. The summed E-state index contributed by atoms with van der Waals surface area (Å²) < 4.78 is 42.0. The maximum absolute atomic E-state index is 13.8. The molecule has 2 heterocycles. The number of likely N-dealkylation sites (N-methyl/N-ethyl adjacent to an activating group) is 1. The molecule has 6 nitrogen and oxygen atoms in total. The van der Waals surface area contributed by atoms with Crippen molar-refractivity contribution in [3.8, 4) is 5.69 Å². The summed E-state index contributed by atoms with van der Waals surface area (Å²) in [5.74, 6) is -0.451. The van der Waals surface area contributed by atoms with Gasteiger partial charge in [0.05, 0.1) is 12.4 Å². The third-order valence-electron chi connectivity index (χ3n) is 4.09. The molecule has 3 rings (SSSR count). The predicted octanol–water partition coefficient (Wildman–Crippen LogP) is 1.81. The van der Waals surface area contributed by atoms with Crippen molar-refractivity contribution in [1.29, 1.82) is 0 Å². The lowest BCUT2D eigenvalue weighted by Crippen LogP contribution is -2.46. The molecule has 0 saturated carbocycles. The van der Waals surface area contributed by atoms with Crippen LogP contribution < -0.4 is 5.32 Å². The van der Waals surface area contributed by atoms with Crippen LogP contribution in [0.3, 0.4) is 0 Å². The molecule has 0 spiro atoms. The highest BCUT2D eigenvalue weighted by molar-refractivity contribution is 7.89. The number of rotatable bonds is 4. The molecule has 1 aromatic carbocycles. The minimum atomic E-state index is -3.62. The van der Waals surface area contributed by atoms with Crippen molar-refractivity contribution >= 4 is 22.4 Å². The number of halogens is 2. The Hall–Kier alpha value is -1.48. The Morgan fingerprint density at radius 3 is 2.79 bits per heavy atom. The van der Waals surface area contributed by atoms with E-state index in [0.717, 1.165) is 12.8 Å². The van der Waals surface area contributed by atoms with Gasteiger partial charge in [-0.1, -0.05) is 12.1 Å². The van der Waals surface area contributed by atoms with Gasteiger partial charge in [-0.15, -0.1) is 12.4 Å². The summed E-state index contributed by atoms with van der Waals surface area (Å²) in [6.45, 7) is 0.926. The zero-order valence-corrected chi connectivity index (χ0v) is 14.9. The Balaban J connectivity index is 0.00000208. The normalized spacial score (nSPS) is 19.0. The summed E-state index contributed by atoms with van der Waals surface area (Å²) >= 11 is 0. The van der Waals surface area contributed by atoms with Crippen LogP contribution in [0.25, 0.3) is 5.69 Å². The second kappa shape index (κ2) is 7.60. The first-order chi connectivity index (χ1) is 11.0. The predicted molar refractivity (Wildman–Crippen MR) is 91.6 cm³/mol. The highest BCUT2D eigenvalue weighted by Crippen LogP contribution is 2.22. The van der Waals surface area contributed by atoms with Gasteiger partial charge in [0.2, 0.25) is 10.0 Å². The number of para-hydroxylation sites is 1. The molecule has 0 aliphatic carbocycles. The Morgan fingerprint density at radius 2 is 2.08 bits per heavy atom. The van der Waals surface area contributed by atoms with Gasteiger partial charge in [0.25, 0.3) is 0 Å². The lowest BCUT2D eigenvalue weighted by molar-refractivity contribution is 0.293. The van der Waals surface area contributed by atoms with Crippen LogP contribution in [-0.2, 0) is 10.0 Å². The Labute approximate surface area is 147 Å². The molecule has 0 radical (unpaired) electrons. The summed E-state index contributed by atoms with van der Waals surface area (Å²) in [6.07, 6.45) is 4.39. The molecular weight excluding hydrogens is 355 g/mol. The van der Waals surface area contributed by atoms with Crippen LogP contribution in [-0.4, -0.2) is 48.7 Å². The third-order valence-corrected chi connectivity index (χ3v) is 5.91. The zero-order valence-electron chi connectivity index (χ0n) is 13.2. The molecule has 2 aromatic rings. The van der Waals surface area contributed by atoms with E-state index in [4.69, 9.17) is 0 Å². The number of piperidine rings is 1. The SMILES string of the molecule is CNC1CCCN(S(=O)(=O)c2cnn(-c3ccccc3F)c2)C1.Cl. The lowest BCUT2D eigenvalue weighted by Gasteiger charge is -2.31. The van der Waals surface area contributed by atoms with E-state index < -0.39 is 15.8 Å². The van der Waals surface area contributed by atoms with Gasteiger partial charge >= 0.3 is 0 Å². The van der Waals surface area contributed by atoms with Crippen LogP contribution in [0.5, 0.6) is 0 Å². The van der Waals surface area contributed by atoms with Gasteiger partial charge in [0.1, 0.15) is 16.4 Å². The quantitative estimate of drug-likeness (QED) is 0.886. The maximum atomic E-state index is 13.8. The molecule has 9 heteroatoms. The minimum Gasteiger partial charge on any atom is -0.316 e. The standard InChI is InChI=1S/C15H19FN4O2S.ClH/c1-17-12-5-4-8-19(10-12)23(21,22)13-9-18-20(11-13)15-7-3-2-6-14(15)16;/h2-3,6-7,9,11-12,17H,4-5,8,10H2,1H3;1H. The van der Waals surface area contributed by atoms with Crippen LogP contribution >= 0.6 is 12.4 Å². The smallest absolute Gasteiger partial charge is 0.246 e. The van der Waals surface area contributed by atoms with Crippen molar-refractivity contribution in [2.24, 2.45) is 0 Å². The van der Waals surface area contributed by atoms with Crippen molar-refractivity contribution in [2.45, 2.75) is 23.8 Å². The van der Waals surface area contributed by atoms with Crippen molar-refractivity contribution in [1.82, 2.24) is 19.4 Å². The number of nitrogens with one attached hydrogen (secondary N) is 1. The van der Waals surface area contributed by atoms with Crippen molar-refractivity contribution in [3.05, 3.63) is 42.5 Å². The van der Waals surface area contributed by atoms with E-state index in [0.29, 0.717) is 13.1 Å². The number of aromatic nitrogens is 2. The average molecular weight is 375 g/mol. The fourth-order valence-electron chi connectivity index (χ4n) is 2.75. The van der Waals surface area contributed by atoms with Crippen LogP contribution in [0.4, 0.5) is 4.39 Å². The first-order valence-electron chi connectivity index (χ1n) is 7.49. The first kappa shape index (κ1) is 18.9. The van der Waals surface area contributed by atoms with Gasteiger partial charge < -0.3 is 5.32 Å². The summed E-state index contributed by atoms with van der Waals surface area (Å²) in [5, 5.41) is 7.12. The Morgan fingerprint density at radius 1 is 1.33 bits per heavy atom. The van der Waals surface area contributed by atoms with Gasteiger partial charge in [-0.3, -0.25) is 0 Å². The Kier molecular flexibility index (Phi) is 5.97. The third kappa shape index (κ3) is 3.61. The molecule has 1 aliphatic rings. The number of hydrogen-bond donors (Lipinski definition) is 1. The Bertz CT molecular complexity index is 796. The number of nitrogens with zero attached hydrogens (tertiary/aromatic N) is 3. The van der Waals surface area contributed by atoms with Crippen LogP contribution in [0.15, 0.2) is 41.6 Å². The van der Waals surface area contributed by atoms with Gasteiger partial charge in [-0.2, -0.15) is 9.40 Å². The van der Waals surface area contributed by atoms with E-state index in [2.05, 4.69) is 10.4 Å². The monoisotopic (exact) mass is 374 g/mol. The molecule has 0 bridgehead atoms. The number of sulfonamides is 1. The van der Waals surface area contributed by atoms with Crippen LogP contribution in [0.1, 0.15) is 12.8 Å². The second-order valence-corrected chi connectivity index (χ2v) is 7.50. The lowest BCUT2D eigenvalue weighted by atomic mass is 10.1. The highest BCUT2D eigenvalue weighted by atomic mass is 35.5. The summed E-state index contributed by atoms with van der Waals surface area (Å²) in [5.41, 5.74) is 0.223. The average Bonchev–Trinajstić information content (AvgIpc) is 3.06. The minimum absolute atomic E-state index is 0. The van der Waals surface area contributed by atoms with Crippen LogP contribution in [0, 0.1) is 5.82 Å². The van der Waals surface area contributed by atoms with E-state index in [-0.39, 0.29) is 29.0 Å². The summed E-state index contributed by atoms with van der Waals surface area (Å²) in [7, 11) is -1.79. The van der Waals surface area contributed by atoms with Gasteiger partial charge in [-0.05, 0) is 32.0 Å². The molecule has 1 aliphatic heterocycles. The molecule has 132 valence electrons. The van der Waals surface area contributed by atoms with E-state index >= 15 is 0 Å². The molecule has 0 amide bonds. The molecule has 1 aromatic heterocycles. The topological polar surface area (TPSA) is 67.2 Å². The molecule has 24 heavy (non-hydrogen) atoms. The van der Waals surface area contributed by atoms with Crippen molar-refractivity contribution < 1.29 is 12.8 Å².